The Morgan fingerprint density at radius 1 is 1.29 bits per heavy atom. The lowest BCUT2D eigenvalue weighted by molar-refractivity contribution is -0.124. The van der Waals surface area contributed by atoms with Crippen molar-refractivity contribution in [3.8, 4) is 0 Å². The van der Waals surface area contributed by atoms with Crippen LogP contribution in [0.1, 0.15) is 39.5 Å². The van der Waals surface area contributed by atoms with E-state index in [1.165, 1.54) is 12.8 Å². The van der Waals surface area contributed by atoms with Crippen molar-refractivity contribution in [3.05, 3.63) is 0 Å². The van der Waals surface area contributed by atoms with Gasteiger partial charge in [-0.05, 0) is 31.9 Å². The fourth-order valence-corrected chi connectivity index (χ4v) is 2.55. The van der Waals surface area contributed by atoms with Crippen molar-refractivity contribution in [2.24, 2.45) is 5.92 Å². The summed E-state index contributed by atoms with van der Waals surface area (Å²) in [5.74, 6) is 0.325. The van der Waals surface area contributed by atoms with Crippen molar-refractivity contribution in [1.82, 2.24) is 5.32 Å². The monoisotopic (exact) mass is 215 g/mol. The summed E-state index contributed by atoms with van der Waals surface area (Å²) < 4.78 is 0. The highest BCUT2D eigenvalue weighted by atomic mass is 32.2. The van der Waals surface area contributed by atoms with E-state index in [0.29, 0.717) is 6.04 Å². The molecular weight excluding hydrogens is 194 g/mol. The van der Waals surface area contributed by atoms with Gasteiger partial charge in [-0.15, -0.1) is 0 Å². The van der Waals surface area contributed by atoms with E-state index < -0.39 is 0 Å². The van der Waals surface area contributed by atoms with E-state index in [4.69, 9.17) is 0 Å². The average Bonchev–Trinajstić information content (AvgIpc) is 2.19. The summed E-state index contributed by atoms with van der Waals surface area (Å²) in [4.78, 5) is 11.4. The van der Waals surface area contributed by atoms with Gasteiger partial charge in [-0.1, -0.05) is 13.8 Å². The molecule has 3 heteroatoms. The molecule has 0 spiro atoms. The summed E-state index contributed by atoms with van der Waals surface area (Å²) in [7, 11) is 0. The Morgan fingerprint density at radius 3 is 2.29 bits per heavy atom. The lowest BCUT2D eigenvalue weighted by Crippen LogP contribution is -2.40. The number of hydrogen-bond acceptors (Lipinski definition) is 2. The van der Waals surface area contributed by atoms with Gasteiger partial charge < -0.3 is 5.32 Å². The van der Waals surface area contributed by atoms with E-state index in [1.54, 1.807) is 0 Å². The van der Waals surface area contributed by atoms with Gasteiger partial charge in [-0.25, -0.2) is 0 Å². The second-order valence-corrected chi connectivity index (χ2v) is 5.51. The highest BCUT2D eigenvalue weighted by Gasteiger charge is 2.22. The Morgan fingerprint density at radius 2 is 1.86 bits per heavy atom. The first-order valence-corrected chi connectivity index (χ1v) is 6.75. The molecule has 1 saturated carbocycles. The number of thioether (sulfide) groups is 1. The summed E-state index contributed by atoms with van der Waals surface area (Å²) in [5, 5.41) is 3.94. The van der Waals surface area contributed by atoms with Gasteiger partial charge in [0.25, 0.3) is 0 Å². The minimum absolute atomic E-state index is 0.119. The topological polar surface area (TPSA) is 29.1 Å². The lowest BCUT2D eigenvalue weighted by Gasteiger charge is -2.28. The van der Waals surface area contributed by atoms with Gasteiger partial charge in [0.1, 0.15) is 0 Å². The minimum Gasteiger partial charge on any atom is -0.353 e. The molecule has 0 unspecified atom stereocenters. The molecule has 0 aromatic heterocycles. The minimum atomic E-state index is 0.119. The molecule has 1 aliphatic rings. The van der Waals surface area contributed by atoms with Crippen LogP contribution >= 0.6 is 11.8 Å². The van der Waals surface area contributed by atoms with Crippen LogP contribution in [0.15, 0.2) is 0 Å². The highest BCUT2D eigenvalue weighted by molar-refractivity contribution is 7.99. The number of nitrogens with one attached hydrogen (secondary N) is 1. The molecule has 0 radical (unpaired) electrons. The molecule has 0 aliphatic heterocycles. The van der Waals surface area contributed by atoms with Gasteiger partial charge in [0.2, 0.25) is 5.91 Å². The maximum atomic E-state index is 11.4. The van der Waals surface area contributed by atoms with Crippen molar-refractivity contribution in [2.75, 3.05) is 6.26 Å². The van der Waals surface area contributed by atoms with Gasteiger partial charge in [-0.3, -0.25) is 4.79 Å². The second-order valence-electron chi connectivity index (χ2n) is 4.37. The van der Waals surface area contributed by atoms with Crippen LogP contribution in [-0.2, 0) is 4.79 Å². The van der Waals surface area contributed by atoms with E-state index in [1.807, 2.05) is 25.6 Å². The Labute approximate surface area is 91.2 Å². The number of hydrogen-bond donors (Lipinski definition) is 1. The molecule has 1 aliphatic carbocycles. The van der Waals surface area contributed by atoms with Crippen LogP contribution in [0.25, 0.3) is 0 Å². The van der Waals surface area contributed by atoms with E-state index in [0.717, 1.165) is 18.1 Å². The largest absolute Gasteiger partial charge is 0.353 e. The molecule has 1 amide bonds. The molecule has 0 bridgehead atoms. The lowest BCUT2D eigenvalue weighted by atomic mass is 9.94. The zero-order chi connectivity index (χ0) is 10.6. The molecule has 0 saturated heterocycles. The molecule has 1 N–H and O–H groups in total. The maximum absolute atomic E-state index is 11.4. The van der Waals surface area contributed by atoms with E-state index in [9.17, 15) is 4.79 Å². The van der Waals surface area contributed by atoms with Crippen LogP contribution in [0.5, 0.6) is 0 Å². The van der Waals surface area contributed by atoms with Crippen LogP contribution < -0.4 is 5.32 Å². The van der Waals surface area contributed by atoms with Gasteiger partial charge >= 0.3 is 0 Å². The number of carbonyl (C=O) groups is 1. The Balaban J connectivity index is 2.25. The van der Waals surface area contributed by atoms with Gasteiger partial charge in [0.15, 0.2) is 0 Å². The Kier molecular flexibility index (Phi) is 4.79. The first-order valence-electron chi connectivity index (χ1n) is 5.46. The molecule has 82 valence electrons. The van der Waals surface area contributed by atoms with Crippen LogP contribution in [0.3, 0.4) is 0 Å². The molecule has 0 heterocycles. The van der Waals surface area contributed by atoms with Crippen molar-refractivity contribution in [3.63, 3.8) is 0 Å². The molecule has 0 aromatic carbocycles. The molecule has 14 heavy (non-hydrogen) atoms. The maximum Gasteiger partial charge on any atom is 0.222 e. The zero-order valence-corrected chi connectivity index (χ0v) is 10.2. The predicted molar refractivity (Wildman–Crippen MR) is 62.5 cm³/mol. The summed E-state index contributed by atoms with van der Waals surface area (Å²) in [6, 6.07) is 0.438. The van der Waals surface area contributed by atoms with Gasteiger partial charge in [-0.2, -0.15) is 11.8 Å². The van der Waals surface area contributed by atoms with Crippen LogP contribution in [0.2, 0.25) is 0 Å². The molecular formula is C11H21NOS. The SMILES string of the molecule is CSC1CCC(NC(=O)C(C)C)CC1. The van der Waals surface area contributed by atoms with Gasteiger partial charge in [0, 0.05) is 17.2 Å². The first-order chi connectivity index (χ1) is 6.63. The second kappa shape index (κ2) is 5.64. The van der Waals surface area contributed by atoms with Crippen LogP contribution in [-0.4, -0.2) is 23.5 Å². The number of carbonyl (C=O) groups excluding carboxylic acids is 1. The smallest absolute Gasteiger partial charge is 0.222 e. The predicted octanol–water partition coefficient (Wildman–Crippen LogP) is 2.43. The third-order valence-corrected chi connectivity index (χ3v) is 4.02. The molecule has 2 nitrogen and oxygen atoms in total. The highest BCUT2D eigenvalue weighted by Crippen LogP contribution is 2.26. The standard InChI is InChI=1S/C11H21NOS/c1-8(2)11(13)12-9-4-6-10(14-3)7-5-9/h8-10H,4-7H2,1-3H3,(H,12,13). The molecule has 1 rings (SSSR count). The molecule has 0 atom stereocenters. The van der Waals surface area contributed by atoms with E-state index in [-0.39, 0.29) is 11.8 Å². The van der Waals surface area contributed by atoms with Crippen LogP contribution in [0.4, 0.5) is 0 Å². The van der Waals surface area contributed by atoms with E-state index >= 15 is 0 Å². The van der Waals surface area contributed by atoms with E-state index in [2.05, 4.69) is 11.6 Å². The quantitative estimate of drug-likeness (QED) is 0.783. The first kappa shape index (κ1) is 11.9. The number of amides is 1. The van der Waals surface area contributed by atoms with Crippen LogP contribution in [0, 0.1) is 5.92 Å². The average molecular weight is 215 g/mol. The fourth-order valence-electron chi connectivity index (χ4n) is 1.81. The van der Waals surface area contributed by atoms with Crippen molar-refractivity contribution in [1.29, 1.82) is 0 Å². The van der Waals surface area contributed by atoms with Crippen molar-refractivity contribution >= 4 is 17.7 Å². The fraction of sp³-hybridized carbons (Fsp3) is 0.909. The molecule has 1 fully saturated rings. The Bertz CT molecular complexity index is 186. The normalized spacial score (nSPS) is 27.7. The third-order valence-electron chi connectivity index (χ3n) is 2.88. The number of rotatable bonds is 3. The molecule has 0 aromatic rings. The third kappa shape index (κ3) is 3.52. The van der Waals surface area contributed by atoms with Crippen molar-refractivity contribution < 1.29 is 4.79 Å². The summed E-state index contributed by atoms with van der Waals surface area (Å²) in [5.41, 5.74) is 0. The summed E-state index contributed by atoms with van der Waals surface area (Å²) >= 11 is 1.96. The van der Waals surface area contributed by atoms with Gasteiger partial charge in [0.05, 0.1) is 0 Å². The summed E-state index contributed by atoms with van der Waals surface area (Å²) in [6.07, 6.45) is 7.00. The Hall–Kier alpha value is -0.180. The summed E-state index contributed by atoms with van der Waals surface area (Å²) in [6.45, 7) is 3.89. The van der Waals surface area contributed by atoms with Crippen molar-refractivity contribution in [2.45, 2.75) is 50.8 Å². The zero-order valence-electron chi connectivity index (χ0n) is 9.38.